The second-order valence-corrected chi connectivity index (χ2v) is 5.18. The monoisotopic (exact) mass is 243 g/mol. The van der Waals surface area contributed by atoms with E-state index in [1.165, 1.54) is 19.4 Å². The zero-order valence-electron chi connectivity index (χ0n) is 11.2. The molecule has 1 fully saturated rings. The van der Waals surface area contributed by atoms with Gasteiger partial charge in [0.1, 0.15) is 6.07 Å². The molecule has 0 radical (unpaired) electrons. The van der Waals surface area contributed by atoms with Gasteiger partial charge in [0.15, 0.2) is 0 Å². The Hall–Kier alpha value is -1.53. The van der Waals surface area contributed by atoms with E-state index >= 15 is 0 Å². The van der Waals surface area contributed by atoms with Crippen molar-refractivity contribution in [3.63, 3.8) is 0 Å². The Kier molecular flexibility index (Phi) is 4.22. The molecule has 1 aromatic carbocycles. The maximum Gasteiger partial charge on any atom is 0.102 e. The minimum Gasteiger partial charge on any atom is -0.381 e. The third-order valence-corrected chi connectivity index (χ3v) is 3.70. The number of hydrogen-bond donors (Lipinski definition) is 1. The van der Waals surface area contributed by atoms with Gasteiger partial charge in [-0.3, -0.25) is 0 Å². The lowest BCUT2D eigenvalue weighted by Crippen LogP contribution is -2.23. The lowest BCUT2D eigenvalue weighted by molar-refractivity contribution is 0.348. The zero-order valence-corrected chi connectivity index (χ0v) is 11.2. The van der Waals surface area contributed by atoms with Crippen molar-refractivity contribution in [2.45, 2.75) is 32.2 Å². The minimum atomic E-state index is 0.490. The molecule has 3 heteroatoms. The number of nitrogens with zero attached hydrogens (tertiary/aromatic N) is 2. The third kappa shape index (κ3) is 3.02. The van der Waals surface area contributed by atoms with Crippen molar-refractivity contribution in [1.29, 1.82) is 5.26 Å². The van der Waals surface area contributed by atoms with E-state index in [-0.39, 0.29) is 0 Å². The van der Waals surface area contributed by atoms with Crippen molar-refractivity contribution >= 4 is 5.69 Å². The van der Waals surface area contributed by atoms with Crippen LogP contribution in [0.2, 0.25) is 0 Å². The molecule has 1 saturated heterocycles. The largest absolute Gasteiger partial charge is 0.381 e. The molecular weight excluding hydrogens is 222 g/mol. The van der Waals surface area contributed by atoms with Crippen LogP contribution in [0.3, 0.4) is 0 Å². The van der Waals surface area contributed by atoms with Crippen molar-refractivity contribution < 1.29 is 0 Å². The van der Waals surface area contributed by atoms with Crippen LogP contribution < -0.4 is 5.32 Å². The molecule has 0 saturated carbocycles. The first-order valence-corrected chi connectivity index (χ1v) is 6.65. The van der Waals surface area contributed by atoms with Crippen LogP contribution in [0.15, 0.2) is 18.2 Å². The molecule has 18 heavy (non-hydrogen) atoms. The highest BCUT2D eigenvalue weighted by atomic mass is 15.1. The lowest BCUT2D eigenvalue weighted by atomic mass is 10.0. The Bertz CT molecular complexity index is 448. The second-order valence-electron chi connectivity index (χ2n) is 5.18. The number of likely N-dealkylation sites (tertiary alicyclic amines) is 1. The Balaban J connectivity index is 2.09. The van der Waals surface area contributed by atoms with Crippen molar-refractivity contribution in [3.05, 3.63) is 29.3 Å². The van der Waals surface area contributed by atoms with Gasteiger partial charge in [0.25, 0.3) is 0 Å². The first-order chi connectivity index (χ1) is 8.70. The number of hydrogen-bond acceptors (Lipinski definition) is 3. The summed E-state index contributed by atoms with van der Waals surface area (Å²) >= 11 is 0. The van der Waals surface area contributed by atoms with Crippen LogP contribution in [-0.2, 0) is 0 Å². The van der Waals surface area contributed by atoms with E-state index in [1.807, 2.05) is 25.1 Å². The number of nitriles is 1. The van der Waals surface area contributed by atoms with Gasteiger partial charge in [-0.2, -0.15) is 5.26 Å². The summed E-state index contributed by atoms with van der Waals surface area (Å²) in [6.07, 6.45) is 3.56. The summed E-state index contributed by atoms with van der Waals surface area (Å²) < 4.78 is 0. The van der Waals surface area contributed by atoms with Gasteiger partial charge in [0.2, 0.25) is 0 Å². The number of anilines is 1. The van der Waals surface area contributed by atoms with Crippen LogP contribution in [0, 0.1) is 18.3 Å². The Labute approximate surface area is 109 Å². The van der Waals surface area contributed by atoms with E-state index in [0.29, 0.717) is 6.04 Å². The molecule has 0 aromatic heterocycles. The highest BCUT2D eigenvalue weighted by Crippen LogP contribution is 2.22. The molecular formula is C15H21N3. The second kappa shape index (κ2) is 5.88. The summed E-state index contributed by atoms with van der Waals surface area (Å²) in [6, 6.07) is 8.81. The molecule has 0 bridgehead atoms. The van der Waals surface area contributed by atoms with E-state index in [1.54, 1.807) is 0 Å². The fourth-order valence-corrected chi connectivity index (χ4v) is 2.54. The molecule has 1 unspecified atom stereocenters. The van der Waals surface area contributed by atoms with E-state index < -0.39 is 0 Å². The Morgan fingerprint density at radius 1 is 1.33 bits per heavy atom. The van der Waals surface area contributed by atoms with Gasteiger partial charge < -0.3 is 10.2 Å². The average molecular weight is 243 g/mol. The molecule has 0 aliphatic carbocycles. The molecule has 1 atom stereocenters. The maximum absolute atomic E-state index is 9.23. The summed E-state index contributed by atoms with van der Waals surface area (Å²) in [7, 11) is 2.18. The molecule has 1 N–H and O–H groups in total. The molecule has 96 valence electrons. The Morgan fingerprint density at radius 2 is 2.17 bits per heavy atom. The lowest BCUT2D eigenvalue weighted by Gasteiger charge is -2.19. The maximum atomic E-state index is 9.23. The van der Waals surface area contributed by atoms with Gasteiger partial charge in [0, 0.05) is 6.04 Å². The number of rotatable bonds is 2. The number of aryl methyl sites for hydroxylation is 1. The van der Waals surface area contributed by atoms with E-state index in [0.717, 1.165) is 29.8 Å². The normalized spacial score (nSPS) is 21.1. The summed E-state index contributed by atoms with van der Waals surface area (Å²) in [5.74, 6) is 0. The third-order valence-electron chi connectivity index (χ3n) is 3.70. The Morgan fingerprint density at radius 3 is 2.94 bits per heavy atom. The predicted octanol–water partition coefficient (Wildman–Crippen LogP) is 2.76. The van der Waals surface area contributed by atoms with Gasteiger partial charge in [-0.1, -0.05) is 12.1 Å². The average Bonchev–Trinajstić information content (AvgIpc) is 2.55. The van der Waals surface area contributed by atoms with Crippen LogP contribution in [0.5, 0.6) is 0 Å². The van der Waals surface area contributed by atoms with Gasteiger partial charge in [-0.15, -0.1) is 0 Å². The standard InChI is InChI=1S/C15H21N3/c1-12-5-3-7-15(14(12)11-16)17-13-6-4-9-18(2)10-8-13/h3,5,7,13,17H,4,6,8-10H2,1-2H3. The number of benzene rings is 1. The van der Waals surface area contributed by atoms with Gasteiger partial charge in [0.05, 0.1) is 11.3 Å². The van der Waals surface area contributed by atoms with Gasteiger partial charge in [-0.25, -0.2) is 0 Å². The molecule has 1 aromatic rings. The summed E-state index contributed by atoms with van der Waals surface area (Å²) in [5, 5.41) is 12.8. The summed E-state index contributed by atoms with van der Waals surface area (Å²) in [5.41, 5.74) is 2.83. The highest BCUT2D eigenvalue weighted by molar-refractivity contribution is 5.61. The predicted molar refractivity (Wildman–Crippen MR) is 74.7 cm³/mol. The topological polar surface area (TPSA) is 39.1 Å². The molecule has 0 spiro atoms. The summed E-state index contributed by atoms with van der Waals surface area (Å²) in [6.45, 7) is 4.30. The first kappa shape index (κ1) is 12.9. The van der Waals surface area contributed by atoms with Gasteiger partial charge >= 0.3 is 0 Å². The van der Waals surface area contributed by atoms with Crippen LogP contribution in [-0.4, -0.2) is 31.1 Å². The molecule has 1 aliphatic rings. The molecule has 3 nitrogen and oxygen atoms in total. The minimum absolute atomic E-state index is 0.490. The zero-order chi connectivity index (χ0) is 13.0. The van der Waals surface area contributed by atoms with Crippen molar-refractivity contribution in [1.82, 2.24) is 4.90 Å². The van der Waals surface area contributed by atoms with Crippen molar-refractivity contribution in [2.24, 2.45) is 0 Å². The van der Waals surface area contributed by atoms with Crippen LogP contribution >= 0.6 is 0 Å². The van der Waals surface area contributed by atoms with Crippen molar-refractivity contribution in [3.8, 4) is 6.07 Å². The fourth-order valence-electron chi connectivity index (χ4n) is 2.54. The first-order valence-electron chi connectivity index (χ1n) is 6.65. The van der Waals surface area contributed by atoms with Crippen molar-refractivity contribution in [2.75, 3.05) is 25.5 Å². The molecule has 1 aliphatic heterocycles. The molecule has 1 heterocycles. The quantitative estimate of drug-likeness (QED) is 0.868. The fraction of sp³-hybridized carbons (Fsp3) is 0.533. The van der Waals surface area contributed by atoms with Crippen LogP contribution in [0.1, 0.15) is 30.4 Å². The number of nitrogens with one attached hydrogen (secondary N) is 1. The molecule has 2 rings (SSSR count). The summed E-state index contributed by atoms with van der Waals surface area (Å²) in [4.78, 5) is 2.38. The molecule has 0 amide bonds. The highest BCUT2D eigenvalue weighted by Gasteiger charge is 2.16. The SMILES string of the molecule is Cc1cccc(NC2CCCN(C)CC2)c1C#N. The van der Waals surface area contributed by atoms with E-state index in [2.05, 4.69) is 23.3 Å². The van der Waals surface area contributed by atoms with Crippen LogP contribution in [0.4, 0.5) is 5.69 Å². The van der Waals surface area contributed by atoms with E-state index in [9.17, 15) is 5.26 Å². The van der Waals surface area contributed by atoms with Gasteiger partial charge in [-0.05, 0) is 58.0 Å². The van der Waals surface area contributed by atoms with E-state index in [4.69, 9.17) is 0 Å². The van der Waals surface area contributed by atoms with Crippen LogP contribution in [0.25, 0.3) is 0 Å². The smallest absolute Gasteiger partial charge is 0.102 e.